The Morgan fingerprint density at radius 2 is 1.87 bits per heavy atom. The van der Waals surface area contributed by atoms with Gasteiger partial charge in [0.1, 0.15) is 0 Å². The first-order valence-corrected chi connectivity index (χ1v) is 7.68. The Morgan fingerprint density at radius 1 is 1.30 bits per heavy atom. The summed E-state index contributed by atoms with van der Waals surface area (Å²) in [5, 5.41) is 10.9. The van der Waals surface area contributed by atoms with Crippen molar-refractivity contribution < 1.29 is 22.3 Å². The first-order valence-electron chi connectivity index (χ1n) is 6.53. The second-order valence-corrected chi connectivity index (χ2v) is 7.78. The van der Waals surface area contributed by atoms with E-state index < -0.39 is 44.1 Å². The van der Waals surface area contributed by atoms with E-state index in [-0.39, 0.29) is 5.56 Å². The van der Waals surface area contributed by atoms with Gasteiger partial charge in [-0.05, 0) is 32.4 Å². The highest BCUT2D eigenvalue weighted by Gasteiger charge is 2.33. The molecule has 0 bridgehead atoms. The van der Waals surface area contributed by atoms with Crippen molar-refractivity contribution >= 4 is 16.7 Å². The molecule has 1 aromatic rings. The predicted molar refractivity (Wildman–Crippen MR) is 82.1 cm³/mol. The number of rotatable bonds is 5. The SMILES string of the molecule is C=CC(NS(=O)C(C)(C)C)c1cc([N+](=O)[O-])cc(C(F)(F)F)c1. The standard InChI is InChI=1S/C14H17F3N2O3S/c1-5-12(18-23(22)13(2,3)4)9-6-10(14(15,16)17)8-11(7-9)19(20)21/h5-8,12,18H,1H2,2-4H3. The molecule has 5 nitrogen and oxygen atoms in total. The smallest absolute Gasteiger partial charge is 0.258 e. The van der Waals surface area contributed by atoms with E-state index >= 15 is 0 Å². The molecule has 1 rings (SSSR count). The van der Waals surface area contributed by atoms with Gasteiger partial charge in [-0.1, -0.05) is 6.08 Å². The van der Waals surface area contributed by atoms with Crippen molar-refractivity contribution in [1.82, 2.24) is 4.72 Å². The van der Waals surface area contributed by atoms with Gasteiger partial charge < -0.3 is 0 Å². The highest BCUT2D eigenvalue weighted by molar-refractivity contribution is 7.84. The molecule has 0 aliphatic rings. The highest BCUT2D eigenvalue weighted by atomic mass is 32.2. The summed E-state index contributed by atoms with van der Waals surface area (Å²) in [5.41, 5.74) is -1.86. The van der Waals surface area contributed by atoms with Crippen molar-refractivity contribution in [2.75, 3.05) is 0 Å². The Balaban J connectivity index is 3.33. The number of non-ortho nitro benzene ring substituents is 1. The molecule has 23 heavy (non-hydrogen) atoms. The van der Waals surface area contributed by atoms with Crippen LogP contribution in [-0.2, 0) is 17.2 Å². The van der Waals surface area contributed by atoms with Crippen molar-refractivity contribution in [3.8, 4) is 0 Å². The van der Waals surface area contributed by atoms with E-state index in [1.165, 1.54) is 6.08 Å². The molecule has 128 valence electrons. The average Bonchev–Trinajstić information content (AvgIpc) is 2.41. The fourth-order valence-corrected chi connectivity index (χ4v) is 2.44. The Kier molecular flexibility index (Phi) is 5.70. The lowest BCUT2D eigenvalue weighted by molar-refractivity contribution is -0.385. The van der Waals surface area contributed by atoms with E-state index in [1.54, 1.807) is 20.8 Å². The van der Waals surface area contributed by atoms with Gasteiger partial charge in [0, 0.05) is 12.1 Å². The monoisotopic (exact) mass is 350 g/mol. The minimum absolute atomic E-state index is 0.0286. The van der Waals surface area contributed by atoms with Gasteiger partial charge in [-0.15, -0.1) is 6.58 Å². The van der Waals surface area contributed by atoms with Crippen molar-refractivity contribution in [1.29, 1.82) is 0 Å². The molecule has 0 spiro atoms. The summed E-state index contributed by atoms with van der Waals surface area (Å²) in [7, 11) is -1.59. The van der Waals surface area contributed by atoms with Gasteiger partial charge in [0.25, 0.3) is 5.69 Å². The lowest BCUT2D eigenvalue weighted by Crippen LogP contribution is -2.35. The van der Waals surface area contributed by atoms with Crippen LogP contribution in [0, 0.1) is 10.1 Å². The summed E-state index contributed by atoms with van der Waals surface area (Å²) >= 11 is 0. The van der Waals surface area contributed by atoms with Gasteiger partial charge in [0.2, 0.25) is 0 Å². The third-order valence-electron chi connectivity index (χ3n) is 2.86. The number of hydrogen-bond acceptors (Lipinski definition) is 3. The molecule has 2 atom stereocenters. The highest BCUT2D eigenvalue weighted by Crippen LogP contribution is 2.34. The molecule has 0 aliphatic heterocycles. The van der Waals surface area contributed by atoms with Crippen LogP contribution >= 0.6 is 0 Å². The first kappa shape index (κ1) is 19.3. The van der Waals surface area contributed by atoms with E-state index in [1.807, 2.05) is 0 Å². The van der Waals surface area contributed by atoms with E-state index in [4.69, 9.17) is 0 Å². The molecule has 0 saturated heterocycles. The molecule has 0 aromatic heterocycles. The van der Waals surface area contributed by atoms with Crippen LogP contribution in [0.25, 0.3) is 0 Å². The van der Waals surface area contributed by atoms with Gasteiger partial charge in [-0.25, -0.2) is 8.93 Å². The van der Waals surface area contributed by atoms with Gasteiger partial charge >= 0.3 is 6.18 Å². The molecule has 0 amide bonds. The van der Waals surface area contributed by atoms with E-state index in [0.29, 0.717) is 6.07 Å². The van der Waals surface area contributed by atoms with Gasteiger partial charge in [0.15, 0.2) is 0 Å². The van der Waals surface area contributed by atoms with Crippen LogP contribution in [0.15, 0.2) is 30.9 Å². The second kappa shape index (κ2) is 6.79. The van der Waals surface area contributed by atoms with Crippen molar-refractivity contribution in [2.45, 2.75) is 37.7 Å². The van der Waals surface area contributed by atoms with Crippen molar-refractivity contribution in [3.05, 3.63) is 52.1 Å². The summed E-state index contributed by atoms with van der Waals surface area (Å²) in [6.45, 7) is 8.55. The summed E-state index contributed by atoms with van der Waals surface area (Å²) in [6.07, 6.45) is -3.47. The second-order valence-electron chi connectivity index (χ2n) is 5.78. The molecule has 1 N–H and O–H groups in total. The average molecular weight is 350 g/mol. The first-order chi connectivity index (χ1) is 10.4. The molecule has 0 aliphatic carbocycles. The third-order valence-corrected chi connectivity index (χ3v) is 4.44. The molecule has 9 heteroatoms. The predicted octanol–water partition coefficient (Wildman–Crippen LogP) is 3.89. The fraction of sp³-hybridized carbons (Fsp3) is 0.429. The number of benzene rings is 1. The lowest BCUT2D eigenvalue weighted by atomic mass is 10.0. The van der Waals surface area contributed by atoms with Crippen molar-refractivity contribution in [3.63, 3.8) is 0 Å². The number of nitro groups is 1. The molecule has 2 unspecified atom stereocenters. The minimum atomic E-state index is -4.73. The zero-order valence-electron chi connectivity index (χ0n) is 12.8. The van der Waals surface area contributed by atoms with Crippen LogP contribution in [0.4, 0.5) is 18.9 Å². The number of hydrogen-bond donors (Lipinski definition) is 1. The largest absolute Gasteiger partial charge is 0.416 e. The number of nitrogens with zero attached hydrogens (tertiary/aromatic N) is 1. The zero-order valence-corrected chi connectivity index (χ0v) is 13.6. The van der Waals surface area contributed by atoms with Crippen LogP contribution in [0.3, 0.4) is 0 Å². The molecule has 0 radical (unpaired) electrons. The number of alkyl halides is 3. The van der Waals surface area contributed by atoms with Gasteiger partial charge in [0.05, 0.1) is 32.3 Å². The topological polar surface area (TPSA) is 72.2 Å². The Morgan fingerprint density at radius 3 is 2.26 bits per heavy atom. The maximum Gasteiger partial charge on any atom is 0.416 e. The fourth-order valence-electron chi connectivity index (χ4n) is 1.63. The van der Waals surface area contributed by atoms with Crippen LogP contribution in [-0.4, -0.2) is 13.9 Å². The molecule has 0 saturated carbocycles. The van der Waals surface area contributed by atoms with E-state index in [9.17, 15) is 27.5 Å². The lowest BCUT2D eigenvalue weighted by Gasteiger charge is -2.23. The summed E-state index contributed by atoms with van der Waals surface area (Å²) in [4.78, 5) is 9.95. The van der Waals surface area contributed by atoms with Crippen LogP contribution in [0.5, 0.6) is 0 Å². The molecule has 0 fully saturated rings. The number of nitrogens with one attached hydrogen (secondary N) is 1. The molecule has 1 aromatic carbocycles. The van der Waals surface area contributed by atoms with Crippen LogP contribution in [0.2, 0.25) is 0 Å². The minimum Gasteiger partial charge on any atom is -0.258 e. The Bertz CT molecular complexity index is 639. The molecular formula is C14H17F3N2O3S. The normalized spacial score (nSPS) is 15.0. The maximum absolute atomic E-state index is 12.9. The van der Waals surface area contributed by atoms with E-state index in [0.717, 1.165) is 12.1 Å². The summed E-state index contributed by atoms with van der Waals surface area (Å²) in [5.74, 6) is 0. The third kappa shape index (κ3) is 5.14. The Hall–Kier alpha value is -1.74. The van der Waals surface area contributed by atoms with Gasteiger partial charge in [-0.3, -0.25) is 10.1 Å². The maximum atomic E-state index is 12.9. The van der Waals surface area contributed by atoms with Crippen LogP contribution in [0.1, 0.15) is 37.9 Å². The Labute approximate surface area is 134 Å². The van der Waals surface area contributed by atoms with Gasteiger partial charge in [-0.2, -0.15) is 13.2 Å². The number of halogens is 3. The zero-order chi connectivity index (χ0) is 18.0. The molecule has 0 heterocycles. The summed E-state index contributed by atoms with van der Waals surface area (Å²) in [6, 6.07) is 1.33. The quantitative estimate of drug-likeness (QED) is 0.497. The van der Waals surface area contributed by atoms with Crippen molar-refractivity contribution in [2.24, 2.45) is 0 Å². The molecular weight excluding hydrogens is 333 g/mol. The van der Waals surface area contributed by atoms with Crippen LogP contribution < -0.4 is 4.72 Å². The van der Waals surface area contributed by atoms with E-state index in [2.05, 4.69) is 11.3 Å². The number of nitro benzene ring substituents is 1. The summed E-state index contributed by atoms with van der Waals surface area (Å²) < 4.78 is 52.8.